The summed E-state index contributed by atoms with van der Waals surface area (Å²) in [6.45, 7) is 8.14. The average molecular weight is 424 g/mol. The van der Waals surface area contributed by atoms with Gasteiger partial charge >= 0.3 is 0 Å². The van der Waals surface area contributed by atoms with E-state index in [1.165, 1.54) is 6.08 Å². The van der Waals surface area contributed by atoms with Crippen LogP contribution in [0.4, 0.5) is 17.5 Å². The standard InChI is InChI=1S/C23H29N5O3/c1-4-19(30)11-17-10-15(2)7-8-20(17)26-22-16(3)12-24-23(27-22)25-18-6-5-9-28(13-18)21(31)14-29/h4,7-8,10,12,18,29H,1,5-6,9,11,13-14H2,2-3H3,(H2,24,25,26,27)/t18-/m0/s1. The highest BCUT2D eigenvalue weighted by atomic mass is 16.3. The van der Waals surface area contributed by atoms with E-state index < -0.39 is 6.61 Å². The quantitative estimate of drug-likeness (QED) is 0.560. The second-order valence-corrected chi connectivity index (χ2v) is 7.84. The molecule has 0 bridgehead atoms. The summed E-state index contributed by atoms with van der Waals surface area (Å²) in [4.78, 5) is 34.4. The zero-order valence-corrected chi connectivity index (χ0v) is 18.0. The number of carbonyl (C=O) groups excluding carboxylic acids is 2. The average Bonchev–Trinajstić information content (AvgIpc) is 2.77. The SMILES string of the molecule is C=CC(=O)Cc1cc(C)ccc1Nc1nc(N[C@H]2CCCN(C(=O)CO)C2)ncc1C. The van der Waals surface area contributed by atoms with Gasteiger partial charge in [0.1, 0.15) is 12.4 Å². The molecule has 1 aliphatic rings. The maximum atomic E-state index is 11.9. The van der Waals surface area contributed by atoms with Crippen LogP contribution in [0, 0.1) is 13.8 Å². The van der Waals surface area contributed by atoms with E-state index in [2.05, 4.69) is 27.2 Å². The van der Waals surface area contributed by atoms with Crippen LogP contribution in [0.15, 0.2) is 37.1 Å². The third-order valence-electron chi connectivity index (χ3n) is 5.32. The van der Waals surface area contributed by atoms with Crippen molar-refractivity contribution in [3.63, 3.8) is 0 Å². The summed E-state index contributed by atoms with van der Waals surface area (Å²) in [5.41, 5.74) is 3.63. The molecule has 1 aliphatic heterocycles. The van der Waals surface area contributed by atoms with Crippen LogP contribution in [-0.4, -0.2) is 57.4 Å². The van der Waals surface area contributed by atoms with Gasteiger partial charge in [-0.05, 0) is 44.4 Å². The second-order valence-electron chi connectivity index (χ2n) is 7.84. The number of anilines is 3. The summed E-state index contributed by atoms with van der Waals surface area (Å²) >= 11 is 0. The van der Waals surface area contributed by atoms with Gasteiger partial charge in [-0.15, -0.1) is 0 Å². The lowest BCUT2D eigenvalue weighted by molar-refractivity contribution is -0.135. The molecule has 8 heteroatoms. The van der Waals surface area contributed by atoms with E-state index >= 15 is 0 Å². The van der Waals surface area contributed by atoms with Crippen LogP contribution in [0.3, 0.4) is 0 Å². The molecule has 2 heterocycles. The molecule has 1 saturated heterocycles. The molecule has 8 nitrogen and oxygen atoms in total. The molecule has 0 unspecified atom stereocenters. The molecule has 1 fully saturated rings. The summed E-state index contributed by atoms with van der Waals surface area (Å²) in [6, 6.07) is 5.91. The van der Waals surface area contributed by atoms with E-state index in [9.17, 15) is 9.59 Å². The molecule has 1 amide bonds. The number of aliphatic hydroxyl groups excluding tert-OH is 1. The fourth-order valence-electron chi connectivity index (χ4n) is 3.62. The van der Waals surface area contributed by atoms with Gasteiger partial charge in [0.15, 0.2) is 5.78 Å². The van der Waals surface area contributed by atoms with Gasteiger partial charge in [-0.3, -0.25) is 9.59 Å². The first-order valence-electron chi connectivity index (χ1n) is 10.4. The van der Waals surface area contributed by atoms with Crippen molar-refractivity contribution in [2.75, 3.05) is 30.3 Å². The van der Waals surface area contributed by atoms with Crippen LogP contribution >= 0.6 is 0 Å². The smallest absolute Gasteiger partial charge is 0.248 e. The number of allylic oxidation sites excluding steroid dienone is 1. The van der Waals surface area contributed by atoms with Gasteiger partial charge in [0.2, 0.25) is 11.9 Å². The predicted octanol–water partition coefficient (Wildman–Crippen LogP) is 2.53. The van der Waals surface area contributed by atoms with Crippen molar-refractivity contribution in [1.29, 1.82) is 0 Å². The number of amides is 1. The van der Waals surface area contributed by atoms with Crippen molar-refractivity contribution in [2.24, 2.45) is 0 Å². The Bertz CT molecular complexity index is 976. The number of likely N-dealkylation sites (tertiary alicyclic amines) is 1. The Labute approximate surface area is 182 Å². The van der Waals surface area contributed by atoms with Crippen molar-refractivity contribution in [3.8, 4) is 0 Å². The molecule has 0 spiro atoms. The summed E-state index contributed by atoms with van der Waals surface area (Å²) in [7, 11) is 0. The highest BCUT2D eigenvalue weighted by molar-refractivity contribution is 5.92. The zero-order chi connectivity index (χ0) is 22.4. The van der Waals surface area contributed by atoms with Gasteiger partial charge in [-0.25, -0.2) is 4.98 Å². The van der Waals surface area contributed by atoms with E-state index in [0.29, 0.717) is 24.9 Å². The molecular weight excluding hydrogens is 394 g/mol. The summed E-state index contributed by atoms with van der Waals surface area (Å²) in [5.74, 6) is 0.800. The van der Waals surface area contributed by atoms with Crippen molar-refractivity contribution in [3.05, 3.63) is 53.7 Å². The lowest BCUT2D eigenvalue weighted by atomic mass is 10.0. The molecule has 0 radical (unpaired) electrons. The number of nitrogens with zero attached hydrogens (tertiary/aromatic N) is 3. The lowest BCUT2D eigenvalue weighted by Gasteiger charge is -2.32. The zero-order valence-electron chi connectivity index (χ0n) is 18.0. The molecule has 1 aromatic heterocycles. The number of nitrogens with one attached hydrogen (secondary N) is 2. The number of ketones is 1. The summed E-state index contributed by atoms with van der Waals surface area (Å²) < 4.78 is 0. The number of carbonyl (C=O) groups is 2. The number of rotatable bonds is 8. The maximum absolute atomic E-state index is 11.9. The Morgan fingerprint density at radius 1 is 1.35 bits per heavy atom. The minimum Gasteiger partial charge on any atom is -0.387 e. The fraction of sp³-hybridized carbons (Fsp3) is 0.391. The largest absolute Gasteiger partial charge is 0.387 e. The van der Waals surface area contributed by atoms with Crippen LogP contribution in [-0.2, 0) is 16.0 Å². The van der Waals surface area contributed by atoms with E-state index in [1.54, 1.807) is 11.1 Å². The van der Waals surface area contributed by atoms with Gasteiger partial charge in [-0.2, -0.15) is 4.98 Å². The van der Waals surface area contributed by atoms with Crippen molar-refractivity contribution < 1.29 is 14.7 Å². The first-order valence-corrected chi connectivity index (χ1v) is 10.4. The van der Waals surface area contributed by atoms with Crippen LogP contribution in [0.25, 0.3) is 0 Å². The number of hydrogen-bond donors (Lipinski definition) is 3. The topological polar surface area (TPSA) is 107 Å². The minimum absolute atomic E-state index is 0.0138. The molecule has 3 N–H and O–H groups in total. The normalized spacial score (nSPS) is 16.0. The molecule has 0 saturated carbocycles. The number of benzene rings is 1. The van der Waals surface area contributed by atoms with Crippen LogP contribution in [0.2, 0.25) is 0 Å². The highest BCUT2D eigenvalue weighted by Crippen LogP contribution is 2.25. The van der Waals surface area contributed by atoms with E-state index in [4.69, 9.17) is 5.11 Å². The number of aromatic nitrogens is 2. The van der Waals surface area contributed by atoms with Gasteiger partial charge in [0.05, 0.1) is 0 Å². The van der Waals surface area contributed by atoms with E-state index in [0.717, 1.165) is 35.2 Å². The third kappa shape index (κ3) is 5.88. The maximum Gasteiger partial charge on any atom is 0.248 e. The Balaban J connectivity index is 1.77. The number of hydrogen-bond acceptors (Lipinski definition) is 7. The first kappa shape index (κ1) is 22.4. The van der Waals surface area contributed by atoms with E-state index in [1.807, 2.05) is 32.0 Å². The van der Waals surface area contributed by atoms with Gasteiger partial charge in [0, 0.05) is 43.0 Å². The number of piperidine rings is 1. The molecule has 164 valence electrons. The molecule has 3 rings (SSSR count). The van der Waals surface area contributed by atoms with Crippen molar-refractivity contribution in [1.82, 2.24) is 14.9 Å². The number of aliphatic hydroxyl groups is 1. The lowest BCUT2D eigenvalue weighted by Crippen LogP contribution is -2.46. The second kappa shape index (κ2) is 10.2. The first-order chi connectivity index (χ1) is 14.9. The van der Waals surface area contributed by atoms with Gasteiger partial charge < -0.3 is 20.6 Å². The van der Waals surface area contributed by atoms with Crippen LogP contribution in [0.5, 0.6) is 0 Å². The predicted molar refractivity (Wildman–Crippen MR) is 120 cm³/mol. The Morgan fingerprint density at radius 3 is 2.90 bits per heavy atom. The van der Waals surface area contributed by atoms with Gasteiger partial charge in [0.25, 0.3) is 0 Å². The molecule has 0 aliphatic carbocycles. The van der Waals surface area contributed by atoms with E-state index in [-0.39, 0.29) is 24.2 Å². The Kier molecular flexibility index (Phi) is 7.36. The molecule has 2 aromatic rings. The summed E-state index contributed by atoms with van der Waals surface area (Å²) in [5, 5.41) is 15.7. The molecular formula is C23H29N5O3. The third-order valence-corrected chi connectivity index (χ3v) is 5.32. The highest BCUT2D eigenvalue weighted by Gasteiger charge is 2.23. The molecule has 1 atom stereocenters. The van der Waals surface area contributed by atoms with Crippen molar-refractivity contribution in [2.45, 2.75) is 39.2 Å². The fourth-order valence-corrected chi connectivity index (χ4v) is 3.62. The number of aryl methyl sites for hydroxylation is 2. The molecule has 31 heavy (non-hydrogen) atoms. The Hall–Kier alpha value is -3.26. The van der Waals surface area contributed by atoms with Crippen LogP contribution in [0.1, 0.15) is 29.5 Å². The van der Waals surface area contributed by atoms with Crippen LogP contribution < -0.4 is 10.6 Å². The summed E-state index contributed by atoms with van der Waals surface area (Å²) in [6.07, 6.45) is 5.07. The monoisotopic (exact) mass is 423 g/mol. The minimum atomic E-state index is -0.477. The van der Waals surface area contributed by atoms with Crippen molar-refractivity contribution >= 4 is 29.1 Å². The Morgan fingerprint density at radius 2 is 2.16 bits per heavy atom. The van der Waals surface area contributed by atoms with Gasteiger partial charge in [-0.1, -0.05) is 24.3 Å². The molecule has 1 aromatic carbocycles.